The van der Waals surface area contributed by atoms with Crippen LogP contribution in [0.3, 0.4) is 0 Å². The molecule has 0 aliphatic rings. The van der Waals surface area contributed by atoms with Crippen molar-refractivity contribution >= 4 is 67.8 Å². The van der Waals surface area contributed by atoms with Gasteiger partial charge in [0.25, 0.3) is 0 Å². The van der Waals surface area contributed by atoms with Crippen molar-refractivity contribution < 1.29 is 0 Å². The molecule has 0 bridgehead atoms. The molecule has 0 aliphatic heterocycles. The van der Waals surface area contributed by atoms with Crippen LogP contribution in [0.5, 0.6) is 0 Å². The van der Waals surface area contributed by atoms with Gasteiger partial charge in [-0.2, -0.15) is 0 Å². The molecule has 1 nitrogen and oxygen atoms in total. The first-order valence-electron chi connectivity index (χ1n) is 3.95. The Balaban J connectivity index is 5.01. The Hall–Kier alpha value is 2.11. The van der Waals surface area contributed by atoms with Gasteiger partial charge in [-0.3, -0.25) is 0 Å². The van der Waals surface area contributed by atoms with Crippen LogP contribution in [0.25, 0.3) is 0 Å². The Labute approximate surface area is 111 Å². The first-order chi connectivity index (χ1) is 6.01. The Morgan fingerprint density at radius 3 is 1.14 bits per heavy atom. The fourth-order valence-corrected chi connectivity index (χ4v) is 7.65. The minimum absolute atomic E-state index is 0.142. The molecule has 0 aromatic heterocycles. The standard InChI is InChI=1S/C6H14Cl5NS2/c1-5(2)12(6(3)4)14(10,11)13(7,8)9/h5-6H,1-4H3. The maximum Gasteiger partial charge on any atom is 0.0665 e. The van der Waals surface area contributed by atoms with Crippen molar-refractivity contribution in [2.45, 2.75) is 39.8 Å². The van der Waals surface area contributed by atoms with E-state index in [9.17, 15) is 0 Å². The second-order valence-corrected chi connectivity index (χ2v) is 19.7. The molecule has 0 saturated heterocycles. The van der Waals surface area contributed by atoms with Crippen molar-refractivity contribution in [1.82, 2.24) is 4.31 Å². The third-order valence-corrected chi connectivity index (χ3v) is 17.9. The van der Waals surface area contributed by atoms with E-state index in [-0.39, 0.29) is 12.1 Å². The highest BCUT2D eigenvalue weighted by molar-refractivity contribution is 9.38. The average molecular weight is 342 g/mol. The first-order valence-corrected chi connectivity index (χ1v) is 11.8. The molecule has 0 heterocycles. The molecule has 0 rings (SSSR count). The monoisotopic (exact) mass is 339 g/mol. The molecule has 0 atom stereocenters. The van der Waals surface area contributed by atoms with Crippen molar-refractivity contribution in [3.8, 4) is 0 Å². The van der Waals surface area contributed by atoms with Crippen molar-refractivity contribution in [3.63, 3.8) is 0 Å². The van der Waals surface area contributed by atoms with Crippen molar-refractivity contribution in [1.29, 1.82) is 0 Å². The number of hydrogen-bond acceptors (Lipinski definition) is 1. The van der Waals surface area contributed by atoms with Gasteiger partial charge in [0.1, 0.15) is 0 Å². The van der Waals surface area contributed by atoms with E-state index in [1.807, 2.05) is 32.0 Å². The average Bonchev–Trinajstić information content (AvgIpc) is 1.79. The molecular formula is C6H14Cl5NS2. The van der Waals surface area contributed by atoms with Gasteiger partial charge < -0.3 is 0 Å². The Morgan fingerprint density at radius 1 is 0.786 bits per heavy atom. The predicted molar refractivity (Wildman–Crippen MR) is 76.6 cm³/mol. The van der Waals surface area contributed by atoms with Crippen LogP contribution in [0.1, 0.15) is 27.7 Å². The summed E-state index contributed by atoms with van der Waals surface area (Å²) in [7, 11) is 27.5. The van der Waals surface area contributed by atoms with Gasteiger partial charge in [-0.05, 0) is 81.1 Å². The van der Waals surface area contributed by atoms with Crippen LogP contribution >= 0.6 is 67.8 Å². The van der Waals surface area contributed by atoms with Gasteiger partial charge >= 0.3 is 0 Å². The van der Waals surface area contributed by atoms with Crippen molar-refractivity contribution in [2.24, 2.45) is 0 Å². The van der Waals surface area contributed by atoms with E-state index in [2.05, 4.69) is 0 Å². The van der Waals surface area contributed by atoms with Crippen molar-refractivity contribution in [3.05, 3.63) is 0 Å². The van der Waals surface area contributed by atoms with Crippen LogP contribution in [-0.2, 0) is 0 Å². The van der Waals surface area contributed by atoms with Gasteiger partial charge in [-0.15, -0.1) is 0 Å². The lowest BCUT2D eigenvalue weighted by molar-refractivity contribution is 0.336. The second kappa shape index (κ2) is 5.63. The summed E-state index contributed by atoms with van der Waals surface area (Å²) in [5, 5.41) is 0. The lowest BCUT2D eigenvalue weighted by Gasteiger charge is -2.48. The molecule has 0 N–H and O–H groups in total. The topological polar surface area (TPSA) is 3.24 Å². The van der Waals surface area contributed by atoms with E-state index in [1.54, 1.807) is 0 Å². The number of halogens is 5. The fourth-order valence-electron chi connectivity index (χ4n) is 1.18. The van der Waals surface area contributed by atoms with Crippen LogP contribution < -0.4 is 0 Å². The van der Waals surface area contributed by atoms with E-state index in [1.165, 1.54) is 0 Å². The Kier molecular flexibility index (Phi) is 6.48. The van der Waals surface area contributed by atoms with Crippen LogP contribution in [0.4, 0.5) is 0 Å². The normalized spacial score (nSPS) is 16.9. The summed E-state index contributed by atoms with van der Waals surface area (Å²) in [5.74, 6) is 0. The smallest absolute Gasteiger partial charge is 0.0665 e. The molecule has 0 radical (unpaired) electrons. The molecule has 0 saturated carbocycles. The number of hydrogen-bond donors (Lipinski definition) is 0. The predicted octanol–water partition coefficient (Wildman–Crippen LogP) is 6.31. The van der Waals surface area contributed by atoms with Gasteiger partial charge in [-0.25, -0.2) is 4.31 Å². The summed E-state index contributed by atoms with van der Waals surface area (Å²) in [4.78, 5) is 0. The summed E-state index contributed by atoms with van der Waals surface area (Å²) in [6.07, 6.45) is 0. The van der Waals surface area contributed by atoms with Crippen LogP contribution in [0, 0.1) is 0 Å². The molecule has 14 heavy (non-hydrogen) atoms. The van der Waals surface area contributed by atoms with Gasteiger partial charge in [-0.1, -0.05) is 0 Å². The van der Waals surface area contributed by atoms with Crippen LogP contribution in [-0.4, -0.2) is 16.4 Å². The summed E-state index contributed by atoms with van der Waals surface area (Å²) >= 11 is 0. The van der Waals surface area contributed by atoms with Gasteiger partial charge in [0.05, 0.1) is 6.70 Å². The molecule has 0 aromatic rings. The lowest BCUT2D eigenvalue weighted by Crippen LogP contribution is -2.35. The summed E-state index contributed by atoms with van der Waals surface area (Å²) in [5.41, 5.74) is 0. The molecule has 0 aliphatic carbocycles. The van der Waals surface area contributed by atoms with E-state index < -0.39 is 14.4 Å². The molecular weight excluding hydrogens is 327 g/mol. The summed E-state index contributed by atoms with van der Waals surface area (Å²) < 4.78 is 1.86. The summed E-state index contributed by atoms with van der Waals surface area (Å²) in [6.45, 7) is 5.36. The highest BCUT2D eigenvalue weighted by Crippen LogP contribution is 2.96. The quantitative estimate of drug-likeness (QED) is 0.541. The van der Waals surface area contributed by atoms with Crippen LogP contribution in [0.15, 0.2) is 0 Å². The van der Waals surface area contributed by atoms with Gasteiger partial charge in [0.2, 0.25) is 0 Å². The van der Waals surface area contributed by atoms with Crippen LogP contribution in [0.2, 0.25) is 0 Å². The largest absolute Gasteiger partial charge is 0.229 e. The van der Waals surface area contributed by atoms with E-state index >= 15 is 0 Å². The Morgan fingerprint density at radius 2 is 1.07 bits per heavy atom. The van der Waals surface area contributed by atoms with Crippen molar-refractivity contribution in [2.75, 3.05) is 0 Å². The first kappa shape index (κ1) is 16.1. The maximum absolute atomic E-state index is 6.18. The van der Waals surface area contributed by atoms with E-state index in [0.717, 1.165) is 0 Å². The zero-order valence-corrected chi connectivity index (χ0v) is 13.7. The molecule has 90 valence electrons. The minimum atomic E-state index is -2.53. The molecule has 0 spiro atoms. The molecule has 0 aromatic carbocycles. The fraction of sp³-hybridized carbons (Fsp3) is 1.00. The van der Waals surface area contributed by atoms with E-state index in [0.29, 0.717) is 0 Å². The third-order valence-electron chi connectivity index (χ3n) is 1.49. The zero-order valence-electron chi connectivity index (χ0n) is 8.31. The number of nitrogens with zero attached hydrogens (tertiary/aromatic N) is 1. The second-order valence-electron chi connectivity index (χ2n) is 3.31. The summed E-state index contributed by atoms with van der Waals surface area (Å²) in [6, 6.07) is 0.284. The van der Waals surface area contributed by atoms with Gasteiger partial charge in [0, 0.05) is 19.8 Å². The highest BCUT2D eigenvalue weighted by Gasteiger charge is 2.44. The zero-order chi connectivity index (χ0) is 11.7. The number of rotatable bonds is 4. The molecule has 8 heteroatoms. The highest BCUT2D eigenvalue weighted by atomic mass is 36.3. The molecule has 0 unspecified atom stereocenters. The van der Waals surface area contributed by atoms with E-state index in [4.69, 9.17) is 53.4 Å². The Bertz CT molecular complexity index is 183. The third kappa shape index (κ3) is 3.85. The molecule has 0 amide bonds. The molecule has 0 fully saturated rings. The van der Waals surface area contributed by atoms with Gasteiger partial charge in [0.15, 0.2) is 0 Å². The maximum atomic E-state index is 6.18. The lowest BCUT2D eigenvalue weighted by atomic mass is 10.3. The SMILES string of the molecule is CC(C)N(C(C)C)S(Cl)(Cl)S(Cl)(Cl)Cl. The minimum Gasteiger partial charge on any atom is -0.229 e.